The fraction of sp³-hybridized carbons (Fsp3) is 0.182. The molecule has 0 spiro atoms. The first kappa shape index (κ1) is 19.8. The van der Waals surface area contributed by atoms with Gasteiger partial charge in [0.1, 0.15) is 11.3 Å². The Labute approximate surface area is 168 Å². The number of carbonyl (C=O) groups excluding carboxylic acids is 2. The van der Waals surface area contributed by atoms with Crippen LogP contribution in [0, 0.1) is 0 Å². The van der Waals surface area contributed by atoms with Gasteiger partial charge in [0.2, 0.25) is 5.91 Å². The van der Waals surface area contributed by atoms with Crippen LogP contribution in [0.5, 0.6) is 0 Å². The minimum absolute atomic E-state index is 0.102. The Morgan fingerprint density at radius 2 is 1.82 bits per heavy atom. The zero-order chi connectivity index (χ0) is 20.1. The maximum atomic E-state index is 12.5. The topological polar surface area (TPSA) is 62.6 Å². The lowest BCUT2D eigenvalue weighted by atomic mass is 10.1. The van der Waals surface area contributed by atoms with E-state index in [-0.39, 0.29) is 11.1 Å². The number of anilines is 1. The molecule has 0 saturated carbocycles. The van der Waals surface area contributed by atoms with Crippen molar-refractivity contribution in [1.82, 2.24) is 4.90 Å². The third-order valence-corrected chi connectivity index (χ3v) is 5.26. The number of rotatable bonds is 5. The number of thioether (sulfide) groups is 1. The Balaban J connectivity index is 1.79. The quantitative estimate of drug-likeness (QED) is 0.463. The Bertz CT molecular complexity index is 1040. The molecule has 0 unspecified atom stereocenters. The van der Waals surface area contributed by atoms with Gasteiger partial charge in [-0.05, 0) is 36.0 Å². The molecule has 28 heavy (non-hydrogen) atoms. The second-order valence-electron chi connectivity index (χ2n) is 6.37. The lowest BCUT2D eigenvalue weighted by Gasteiger charge is -2.12. The van der Waals surface area contributed by atoms with Crippen LogP contribution in [0.1, 0.15) is 18.2 Å². The van der Waals surface area contributed by atoms with Crippen molar-refractivity contribution in [3.8, 4) is 0 Å². The molecule has 0 aliphatic carbocycles. The van der Waals surface area contributed by atoms with Gasteiger partial charge in [-0.1, -0.05) is 37.3 Å². The number of hydrogen-bond donors (Lipinski definition) is 1. The van der Waals surface area contributed by atoms with Crippen molar-refractivity contribution in [3.63, 3.8) is 0 Å². The summed E-state index contributed by atoms with van der Waals surface area (Å²) in [5, 5.41) is 3.74. The van der Waals surface area contributed by atoms with E-state index in [1.165, 1.54) is 11.0 Å². The zero-order valence-corrected chi connectivity index (χ0v) is 16.9. The molecule has 3 rings (SSSR count). The first-order chi connectivity index (χ1) is 13.5. The van der Waals surface area contributed by atoms with Crippen LogP contribution in [0.4, 0.5) is 10.5 Å². The zero-order valence-electron chi connectivity index (χ0n) is 16.1. The van der Waals surface area contributed by atoms with E-state index in [9.17, 15) is 9.59 Å². The number of nitrogens with zero attached hydrogens (tertiary/aromatic N) is 1. The number of carbonyl (C=O) groups is 2. The number of nitrogens with one attached hydrogen (secondary N) is 1. The Hall–Kier alpha value is -2.99. The van der Waals surface area contributed by atoms with E-state index >= 15 is 0 Å². The van der Waals surface area contributed by atoms with Crippen molar-refractivity contribution >= 4 is 45.6 Å². The lowest BCUT2D eigenvalue weighted by Crippen LogP contribution is -2.16. The summed E-state index contributed by atoms with van der Waals surface area (Å²) >= 11 is 1.08. The molecule has 3 aromatic rings. The molecule has 0 radical (unpaired) electrons. The van der Waals surface area contributed by atoms with Gasteiger partial charge in [0, 0.05) is 42.4 Å². The first-order valence-corrected chi connectivity index (χ1v) is 9.79. The fourth-order valence-electron chi connectivity index (χ4n) is 2.74. The molecule has 1 aromatic heterocycles. The van der Waals surface area contributed by atoms with Crippen LogP contribution >= 0.6 is 11.8 Å². The van der Waals surface area contributed by atoms with Crippen LogP contribution in [-0.4, -0.2) is 30.1 Å². The number of aryl methyl sites for hydroxylation is 1. The fourth-order valence-corrected chi connectivity index (χ4v) is 3.49. The van der Waals surface area contributed by atoms with Gasteiger partial charge in [-0.2, -0.15) is 0 Å². The van der Waals surface area contributed by atoms with Crippen LogP contribution in [0.3, 0.4) is 0 Å². The van der Waals surface area contributed by atoms with E-state index in [4.69, 9.17) is 4.42 Å². The second-order valence-corrected chi connectivity index (χ2v) is 7.36. The van der Waals surface area contributed by atoms with E-state index < -0.39 is 0 Å². The third kappa shape index (κ3) is 4.46. The molecule has 0 saturated heterocycles. The SMILES string of the molecule is CCc1oc2ccccc2c1C=CC(=O)Nc1ccccc1SC(=O)N(C)C. The highest BCUT2D eigenvalue weighted by atomic mass is 32.2. The standard InChI is InChI=1S/C22H22N2O3S/c1-4-18-16(15-9-5-7-11-19(15)27-18)13-14-21(25)23-17-10-6-8-12-20(17)28-22(26)24(2)3/h5-14H,4H2,1-3H3,(H,23,25). The maximum absolute atomic E-state index is 12.5. The van der Waals surface area contributed by atoms with Crippen molar-refractivity contribution in [1.29, 1.82) is 0 Å². The molecular weight excluding hydrogens is 372 g/mol. The molecule has 0 fully saturated rings. The number of fused-ring (bicyclic) bond motifs is 1. The lowest BCUT2D eigenvalue weighted by molar-refractivity contribution is -0.111. The van der Waals surface area contributed by atoms with E-state index in [0.717, 1.165) is 40.5 Å². The molecule has 0 aliphatic rings. The van der Waals surface area contributed by atoms with Gasteiger partial charge in [-0.3, -0.25) is 9.59 Å². The number of para-hydroxylation sites is 2. The largest absolute Gasteiger partial charge is 0.460 e. The molecule has 6 heteroatoms. The summed E-state index contributed by atoms with van der Waals surface area (Å²) in [7, 11) is 3.39. The van der Waals surface area contributed by atoms with Crippen LogP contribution in [-0.2, 0) is 11.2 Å². The molecule has 0 bridgehead atoms. The molecule has 1 heterocycles. The van der Waals surface area contributed by atoms with Gasteiger partial charge in [0.15, 0.2) is 0 Å². The molecule has 5 nitrogen and oxygen atoms in total. The molecular formula is C22H22N2O3S. The molecule has 0 aliphatic heterocycles. The smallest absolute Gasteiger partial charge is 0.286 e. The molecule has 1 N–H and O–H groups in total. The minimum Gasteiger partial charge on any atom is -0.460 e. The van der Waals surface area contributed by atoms with E-state index in [2.05, 4.69) is 5.32 Å². The van der Waals surface area contributed by atoms with Crippen LogP contribution in [0.25, 0.3) is 17.0 Å². The normalized spacial score (nSPS) is 11.1. The summed E-state index contributed by atoms with van der Waals surface area (Å²) in [6.45, 7) is 2.02. The molecule has 2 aromatic carbocycles. The summed E-state index contributed by atoms with van der Waals surface area (Å²) < 4.78 is 5.86. The van der Waals surface area contributed by atoms with Crippen LogP contribution in [0.2, 0.25) is 0 Å². The van der Waals surface area contributed by atoms with Gasteiger partial charge < -0.3 is 14.6 Å². The predicted octanol–water partition coefficient (Wildman–Crippen LogP) is 5.42. The Morgan fingerprint density at radius 1 is 1.11 bits per heavy atom. The maximum Gasteiger partial charge on any atom is 0.286 e. The van der Waals surface area contributed by atoms with Crippen molar-refractivity contribution in [2.24, 2.45) is 0 Å². The number of benzene rings is 2. The summed E-state index contributed by atoms with van der Waals surface area (Å²) in [6, 6.07) is 15.0. The average molecular weight is 394 g/mol. The van der Waals surface area contributed by atoms with Gasteiger partial charge in [0.25, 0.3) is 5.24 Å². The van der Waals surface area contributed by atoms with Crippen molar-refractivity contribution in [2.45, 2.75) is 18.2 Å². The van der Waals surface area contributed by atoms with Crippen LogP contribution < -0.4 is 5.32 Å². The monoisotopic (exact) mass is 394 g/mol. The molecule has 0 atom stereocenters. The highest BCUT2D eigenvalue weighted by Gasteiger charge is 2.13. The predicted molar refractivity (Wildman–Crippen MR) is 115 cm³/mol. The van der Waals surface area contributed by atoms with Crippen molar-refractivity contribution in [2.75, 3.05) is 19.4 Å². The highest BCUT2D eigenvalue weighted by Crippen LogP contribution is 2.29. The number of furan rings is 1. The second kappa shape index (κ2) is 8.80. The summed E-state index contributed by atoms with van der Waals surface area (Å²) in [6.07, 6.45) is 4.01. The summed E-state index contributed by atoms with van der Waals surface area (Å²) in [5.74, 6) is 0.579. The van der Waals surface area contributed by atoms with Gasteiger partial charge in [-0.25, -0.2) is 0 Å². The summed E-state index contributed by atoms with van der Waals surface area (Å²) in [4.78, 5) is 26.7. The number of amides is 2. The molecule has 2 amide bonds. The number of hydrogen-bond acceptors (Lipinski definition) is 4. The van der Waals surface area contributed by atoms with E-state index in [1.54, 1.807) is 26.2 Å². The van der Waals surface area contributed by atoms with Gasteiger partial charge in [-0.15, -0.1) is 0 Å². The van der Waals surface area contributed by atoms with E-state index in [0.29, 0.717) is 10.6 Å². The third-order valence-electron chi connectivity index (χ3n) is 4.14. The Morgan fingerprint density at radius 3 is 2.57 bits per heavy atom. The highest BCUT2D eigenvalue weighted by molar-refractivity contribution is 8.13. The van der Waals surface area contributed by atoms with Crippen LogP contribution in [0.15, 0.2) is 63.9 Å². The summed E-state index contributed by atoms with van der Waals surface area (Å²) in [5.41, 5.74) is 2.33. The van der Waals surface area contributed by atoms with Crippen molar-refractivity contribution < 1.29 is 14.0 Å². The van der Waals surface area contributed by atoms with Gasteiger partial charge >= 0.3 is 0 Å². The van der Waals surface area contributed by atoms with Crippen molar-refractivity contribution in [3.05, 3.63) is 65.9 Å². The Kier molecular flexibility index (Phi) is 6.21. The average Bonchev–Trinajstić information content (AvgIpc) is 3.05. The molecule has 144 valence electrons. The van der Waals surface area contributed by atoms with E-state index in [1.807, 2.05) is 49.4 Å². The first-order valence-electron chi connectivity index (χ1n) is 8.97. The minimum atomic E-state index is -0.266. The van der Waals surface area contributed by atoms with Gasteiger partial charge in [0.05, 0.1) is 5.69 Å².